The van der Waals surface area contributed by atoms with Crippen molar-refractivity contribution in [2.45, 2.75) is 26.9 Å². The highest BCUT2D eigenvalue weighted by Gasteiger charge is 2.30. The SMILES string of the molecule is Cc1cccc(N2C[C@@H](C)C(O)[C@@H](C)C2)n1. The number of rotatable bonds is 1. The fourth-order valence-electron chi connectivity index (χ4n) is 2.44. The molecule has 0 radical (unpaired) electrons. The van der Waals surface area contributed by atoms with Gasteiger partial charge < -0.3 is 10.0 Å². The first-order valence-electron chi connectivity index (χ1n) is 5.94. The van der Waals surface area contributed by atoms with Crippen molar-refractivity contribution >= 4 is 5.82 Å². The van der Waals surface area contributed by atoms with E-state index in [2.05, 4.69) is 23.7 Å². The van der Waals surface area contributed by atoms with Crippen molar-refractivity contribution < 1.29 is 5.11 Å². The molecular formula is C13H20N2O. The first-order chi connectivity index (χ1) is 7.58. The summed E-state index contributed by atoms with van der Waals surface area (Å²) in [5.74, 6) is 1.66. The molecule has 1 aromatic rings. The summed E-state index contributed by atoms with van der Waals surface area (Å²) in [7, 11) is 0. The lowest BCUT2D eigenvalue weighted by Crippen LogP contribution is -2.47. The lowest BCUT2D eigenvalue weighted by atomic mass is 9.88. The molecule has 3 heteroatoms. The fraction of sp³-hybridized carbons (Fsp3) is 0.615. The summed E-state index contributed by atoms with van der Waals surface area (Å²) < 4.78 is 0. The van der Waals surface area contributed by atoms with Crippen LogP contribution in [0, 0.1) is 18.8 Å². The number of aryl methyl sites for hydroxylation is 1. The predicted octanol–water partition coefficient (Wildman–Crippen LogP) is 1.84. The number of anilines is 1. The molecule has 0 amide bonds. The van der Waals surface area contributed by atoms with Crippen LogP contribution in [0.25, 0.3) is 0 Å². The van der Waals surface area contributed by atoms with E-state index in [0.29, 0.717) is 11.8 Å². The van der Waals surface area contributed by atoms with Crippen LogP contribution in [0.2, 0.25) is 0 Å². The molecule has 1 N–H and O–H groups in total. The quantitative estimate of drug-likeness (QED) is 0.784. The molecule has 1 saturated heterocycles. The van der Waals surface area contributed by atoms with Crippen molar-refractivity contribution in [3.8, 4) is 0 Å². The smallest absolute Gasteiger partial charge is 0.128 e. The Hall–Kier alpha value is -1.09. The Morgan fingerprint density at radius 1 is 1.25 bits per heavy atom. The van der Waals surface area contributed by atoms with Gasteiger partial charge in [-0.1, -0.05) is 19.9 Å². The largest absolute Gasteiger partial charge is 0.392 e. The van der Waals surface area contributed by atoms with Gasteiger partial charge in [-0.15, -0.1) is 0 Å². The first-order valence-corrected chi connectivity index (χ1v) is 5.94. The average molecular weight is 220 g/mol. The van der Waals surface area contributed by atoms with Gasteiger partial charge in [0.1, 0.15) is 5.82 Å². The third-order valence-corrected chi connectivity index (χ3v) is 3.38. The van der Waals surface area contributed by atoms with Crippen LogP contribution in [0.5, 0.6) is 0 Å². The van der Waals surface area contributed by atoms with Crippen molar-refractivity contribution in [2.75, 3.05) is 18.0 Å². The van der Waals surface area contributed by atoms with Crippen molar-refractivity contribution in [3.05, 3.63) is 23.9 Å². The van der Waals surface area contributed by atoms with E-state index in [4.69, 9.17) is 0 Å². The molecule has 1 aromatic heterocycles. The molecule has 1 unspecified atom stereocenters. The molecule has 3 atom stereocenters. The summed E-state index contributed by atoms with van der Waals surface area (Å²) in [6.45, 7) is 7.99. The monoisotopic (exact) mass is 220 g/mol. The first kappa shape index (κ1) is 11.4. The van der Waals surface area contributed by atoms with Gasteiger partial charge in [-0.25, -0.2) is 4.98 Å². The molecule has 1 aliphatic heterocycles. The summed E-state index contributed by atoms with van der Waals surface area (Å²) in [5, 5.41) is 9.92. The minimum Gasteiger partial charge on any atom is -0.392 e. The maximum atomic E-state index is 9.92. The van der Waals surface area contributed by atoms with E-state index in [9.17, 15) is 5.11 Å². The number of aromatic nitrogens is 1. The van der Waals surface area contributed by atoms with Gasteiger partial charge in [-0.05, 0) is 30.9 Å². The Morgan fingerprint density at radius 3 is 2.44 bits per heavy atom. The zero-order chi connectivity index (χ0) is 11.7. The molecule has 2 heterocycles. The lowest BCUT2D eigenvalue weighted by molar-refractivity contribution is 0.0527. The van der Waals surface area contributed by atoms with Gasteiger partial charge in [-0.3, -0.25) is 0 Å². The highest BCUT2D eigenvalue weighted by atomic mass is 16.3. The molecule has 0 aliphatic carbocycles. The third-order valence-electron chi connectivity index (χ3n) is 3.38. The van der Waals surface area contributed by atoms with E-state index in [-0.39, 0.29) is 6.10 Å². The van der Waals surface area contributed by atoms with Crippen molar-refractivity contribution in [1.82, 2.24) is 4.98 Å². The molecule has 16 heavy (non-hydrogen) atoms. The molecule has 0 spiro atoms. The molecule has 2 rings (SSSR count). The lowest BCUT2D eigenvalue weighted by Gasteiger charge is -2.39. The van der Waals surface area contributed by atoms with Gasteiger partial charge >= 0.3 is 0 Å². The summed E-state index contributed by atoms with van der Waals surface area (Å²) in [6, 6.07) is 6.09. The van der Waals surface area contributed by atoms with Gasteiger partial charge in [0, 0.05) is 18.8 Å². The van der Waals surface area contributed by atoms with Crippen molar-refractivity contribution in [1.29, 1.82) is 0 Å². The van der Waals surface area contributed by atoms with Gasteiger partial charge in [0.15, 0.2) is 0 Å². The highest BCUT2D eigenvalue weighted by Crippen LogP contribution is 2.25. The molecule has 88 valence electrons. The van der Waals surface area contributed by atoms with Gasteiger partial charge in [0.05, 0.1) is 6.10 Å². The van der Waals surface area contributed by atoms with Gasteiger partial charge in [0.25, 0.3) is 0 Å². The highest BCUT2D eigenvalue weighted by molar-refractivity contribution is 5.40. The normalized spacial score (nSPS) is 30.5. The van der Waals surface area contributed by atoms with Crippen LogP contribution >= 0.6 is 0 Å². The second-order valence-electron chi connectivity index (χ2n) is 4.99. The Bertz CT molecular complexity index is 355. The van der Waals surface area contributed by atoms with Gasteiger partial charge in [0.2, 0.25) is 0 Å². The molecule has 3 nitrogen and oxygen atoms in total. The molecule has 0 bridgehead atoms. The fourth-order valence-corrected chi connectivity index (χ4v) is 2.44. The summed E-state index contributed by atoms with van der Waals surface area (Å²) in [4.78, 5) is 6.81. The zero-order valence-electron chi connectivity index (χ0n) is 10.2. The maximum Gasteiger partial charge on any atom is 0.128 e. The van der Waals surface area contributed by atoms with Crippen molar-refractivity contribution in [3.63, 3.8) is 0 Å². The predicted molar refractivity (Wildman–Crippen MR) is 65.5 cm³/mol. The standard InChI is InChI=1S/C13H20N2O/c1-9-7-15(8-10(2)13(9)16)12-6-4-5-11(3)14-12/h4-6,9-10,13,16H,7-8H2,1-3H3/t9-,10+,13?. The summed E-state index contributed by atoms with van der Waals surface area (Å²) in [6.07, 6.45) is -0.180. The second kappa shape index (κ2) is 4.42. The number of pyridine rings is 1. The number of aliphatic hydroxyl groups excluding tert-OH is 1. The van der Waals surface area contributed by atoms with Crippen LogP contribution in [0.3, 0.4) is 0 Å². The molecule has 0 aromatic carbocycles. The number of nitrogens with zero attached hydrogens (tertiary/aromatic N) is 2. The van der Waals surface area contributed by atoms with Gasteiger partial charge in [-0.2, -0.15) is 0 Å². The zero-order valence-corrected chi connectivity index (χ0v) is 10.2. The van der Waals surface area contributed by atoms with E-state index in [1.165, 1.54) is 0 Å². The maximum absolute atomic E-state index is 9.92. The minimum absolute atomic E-state index is 0.180. The van der Waals surface area contributed by atoms with E-state index < -0.39 is 0 Å². The number of aliphatic hydroxyl groups is 1. The van der Waals surface area contributed by atoms with Crippen LogP contribution in [-0.2, 0) is 0 Å². The Balaban J connectivity index is 2.17. The van der Waals surface area contributed by atoms with Crippen LogP contribution in [0.1, 0.15) is 19.5 Å². The number of piperidine rings is 1. The summed E-state index contributed by atoms with van der Waals surface area (Å²) >= 11 is 0. The van der Waals surface area contributed by atoms with E-state index in [1.54, 1.807) is 0 Å². The molecule has 1 fully saturated rings. The van der Waals surface area contributed by atoms with E-state index in [0.717, 1.165) is 24.6 Å². The van der Waals surface area contributed by atoms with E-state index >= 15 is 0 Å². The Morgan fingerprint density at radius 2 is 1.88 bits per heavy atom. The Labute approximate surface area is 97.1 Å². The molecular weight excluding hydrogens is 200 g/mol. The number of hydrogen-bond donors (Lipinski definition) is 1. The van der Waals surface area contributed by atoms with Crippen LogP contribution < -0.4 is 4.90 Å². The molecule has 1 aliphatic rings. The minimum atomic E-state index is -0.180. The van der Waals surface area contributed by atoms with Crippen LogP contribution in [0.15, 0.2) is 18.2 Å². The number of hydrogen-bond acceptors (Lipinski definition) is 3. The van der Waals surface area contributed by atoms with Crippen LogP contribution in [-0.4, -0.2) is 29.3 Å². The third kappa shape index (κ3) is 2.19. The van der Waals surface area contributed by atoms with Crippen LogP contribution in [0.4, 0.5) is 5.82 Å². The Kier molecular flexibility index (Phi) is 3.15. The topological polar surface area (TPSA) is 36.4 Å². The second-order valence-corrected chi connectivity index (χ2v) is 4.99. The summed E-state index contributed by atoms with van der Waals surface area (Å²) in [5.41, 5.74) is 1.05. The molecule has 0 saturated carbocycles. The van der Waals surface area contributed by atoms with Crippen molar-refractivity contribution in [2.24, 2.45) is 11.8 Å². The average Bonchev–Trinajstić information content (AvgIpc) is 2.25. The van der Waals surface area contributed by atoms with E-state index in [1.807, 2.05) is 25.1 Å².